The normalized spacial score (nSPS) is 28.3. The summed E-state index contributed by atoms with van der Waals surface area (Å²) in [5.74, 6) is -5.80. The van der Waals surface area contributed by atoms with E-state index < -0.39 is 77.8 Å². The van der Waals surface area contributed by atoms with Crippen molar-refractivity contribution in [1.82, 2.24) is 4.90 Å². The molecule has 2 bridgehead atoms. The molecule has 0 amide bonds. The summed E-state index contributed by atoms with van der Waals surface area (Å²) in [6.07, 6.45) is -5.97. The van der Waals surface area contributed by atoms with Crippen LogP contribution in [0.25, 0.3) is 0 Å². The minimum absolute atomic E-state index is 0.0690. The molecule has 8 atom stereocenters. The number of esters is 4. The fraction of sp³-hybridized carbons (Fsp3) is 0.581. The SMILES string of the molecule is C[C@H](O)C(=O)O[C@@H](CC(=O)OC1=CC[C@@]2(O)[C@H]3Cc4ccc(CO)c5c4[C@@]2(CCN3C)[C@H]1O5)C(=O)O[C@@H](C)C(=O)O[C@@H](C)C(=O)O. The van der Waals surface area contributed by atoms with Gasteiger partial charge in [0.05, 0.1) is 24.0 Å². The highest BCUT2D eigenvalue weighted by molar-refractivity contribution is 5.88. The van der Waals surface area contributed by atoms with Crippen molar-refractivity contribution in [2.45, 2.75) is 101 Å². The van der Waals surface area contributed by atoms with Gasteiger partial charge in [0.15, 0.2) is 18.3 Å². The molecule has 1 saturated heterocycles. The third-order valence-corrected chi connectivity index (χ3v) is 9.34. The number of carbonyl (C=O) groups is 5. The first-order chi connectivity index (χ1) is 21.6. The van der Waals surface area contributed by atoms with Crippen molar-refractivity contribution < 1.29 is 68.1 Å². The van der Waals surface area contributed by atoms with Gasteiger partial charge in [-0.3, -0.25) is 4.79 Å². The number of aliphatic hydroxyl groups is 3. The number of ether oxygens (including phenoxy) is 5. The van der Waals surface area contributed by atoms with E-state index in [0.29, 0.717) is 30.7 Å². The second-order valence-electron chi connectivity index (χ2n) is 12.2. The van der Waals surface area contributed by atoms with Crippen molar-refractivity contribution in [1.29, 1.82) is 0 Å². The van der Waals surface area contributed by atoms with Crippen LogP contribution < -0.4 is 4.74 Å². The minimum atomic E-state index is -1.96. The Hall–Kier alpha value is -4.05. The molecule has 0 aromatic heterocycles. The molecule has 1 aromatic carbocycles. The Morgan fingerprint density at radius 1 is 1.04 bits per heavy atom. The second kappa shape index (κ2) is 12.3. The average Bonchev–Trinajstić information content (AvgIpc) is 3.35. The van der Waals surface area contributed by atoms with Gasteiger partial charge in [-0.2, -0.15) is 0 Å². The Morgan fingerprint density at radius 3 is 2.39 bits per heavy atom. The summed E-state index contributed by atoms with van der Waals surface area (Å²) < 4.78 is 26.8. The maximum absolute atomic E-state index is 13.3. The summed E-state index contributed by atoms with van der Waals surface area (Å²) in [6, 6.07) is 3.42. The number of carboxylic acids is 1. The smallest absolute Gasteiger partial charge is 0.348 e. The fourth-order valence-corrected chi connectivity index (χ4v) is 6.99. The number of nitrogens with zero attached hydrogens (tertiary/aromatic N) is 1. The number of hydrogen-bond acceptors (Lipinski definition) is 14. The van der Waals surface area contributed by atoms with Crippen LogP contribution in [-0.2, 0) is 61.4 Å². The zero-order valence-electron chi connectivity index (χ0n) is 25.8. The largest absolute Gasteiger partial charge is 0.481 e. The minimum Gasteiger partial charge on any atom is -0.481 e. The Balaban J connectivity index is 1.38. The Morgan fingerprint density at radius 2 is 1.74 bits per heavy atom. The highest BCUT2D eigenvalue weighted by Gasteiger charge is 2.71. The Kier molecular flexibility index (Phi) is 8.90. The van der Waals surface area contributed by atoms with Crippen LogP contribution in [-0.4, -0.2) is 111 Å². The predicted octanol–water partition coefficient (Wildman–Crippen LogP) is -0.369. The van der Waals surface area contributed by atoms with E-state index >= 15 is 0 Å². The van der Waals surface area contributed by atoms with Gasteiger partial charge in [-0.05, 0) is 58.8 Å². The van der Waals surface area contributed by atoms with Crippen molar-refractivity contribution >= 4 is 29.8 Å². The van der Waals surface area contributed by atoms with E-state index in [1.54, 1.807) is 12.1 Å². The molecular weight excluding hydrogens is 610 g/mol. The van der Waals surface area contributed by atoms with Gasteiger partial charge in [0.25, 0.3) is 0 Å². The zero-order valence-corrected chi connectivity index (χ0v) is 25.8. The lowest BCUT2D eigenvalue weighted by Gasteiger charge is -2.61. The van der Waals surface area contributed by atoms with Crippen LogP contribution in [0, 0.1) is 0 Å². The van der Waals surface area contributed by atoms with Gasteiger partial charge in [0.2, 0.25) is 6.10 Å². The first-order valence-electron chi connectivity index (χ1n) is 14.9. The van der Waals surface area contributed by atoms with Crippen LogP contribution in [0.2, 0.25) is 0 Å². The number of likely N-dealkylation sites (N-methyl/N-ethyl adjacent to an activating group) is 1. The van der Waals surface area contributed by atoms with Crippen molar-refractivity contribution in [2.75, 3.05) is 13.6 Å². The molecule has 0 unspecified atom stereocenters. The molecule has 5 rings (SSSR count). The number of hydrogen-bond donors (Lipinski definition) is 4. The maximum atomic E-state index is 13.3. The average molecular weight is 648 g/mol. The standard InChI is InChI=1S/C31H37NO14/c1-14(34)27(38)45-20(29(40)43-16(3)28(39)42-15(2)26(36)37)12-22(35)44-19-7-8-31(41)21-11-17-5-6-18(13-33)24-23(17)30(31,25(19)46-24)9-10-32(21)4/h5-7,14-16,20-21,25,33-34,41H,8-13H2,1-4H3,(H,36,37)/t14-,15-,16-,20-,21+,25-,30-,31+/m0/s1. The highest BCUT2D eigenvalue weighted by atomic mass is 16.6. The molecule has 0 radical (unpaired) electrons. The molecule has 46 heavy (non-hydrogen) atoms. The lowest BCUT2D eigenvalue weighted by molar-refractivity contribution is -0.185. The number of likely N-dealkylation sites (tertiary alicyclic amines) is 1. The van der Waals surface area contributed by atoms with Gasteiger partial charge in [0, 0.05) is 23.6 Å². The number of benzene rings is 1. The third-order valence-electron chi connectivity index (χ3n) is 9.34. The van der Waals surface area contributed by atoms with Crippen LogP contribution in [0.3, 0.4) is 0 Å². The summed E-state index contributed by atoms with van der Waals surface area (Å²) in [5, 5.41) is 40.9. The number of rotatable bonds is 11. The highest BCUT2D eigenvalue weighted by Crippen LogP contribution is 2.64. The monoisotopic (exact) mass is 647 g/mol. The number of carbonyl (C=O) groups excluding carboxylic acids is 4. The number of aliphatic carboxylic acids is 1. The fourth-order valence-electron chi connectivity index (χ4n) is 6.99. The van der Waals surface area contributed by atoms with Gasteiger partial charge in [-0.15, -0.1) is 0 Å². The van der Waals surface area contributed by atoms with Gasteiger partial charge in [-0.1, -0.05) is 12.1 Å². The summed E-state index contributed by atoms with van der Waals surface area (Å²) in [5.41, 5.74) is -0.0201. The molecule has 15 nitrogen and oxygen atoms in total. The van der Waals surface area contributed by atoms with Gasteiger partial charge < -0.3 is 49.0 Å². The molecule has 1 spiro atoms. The molecule has 250 valence electrons. The molecule has 1 fully saturated rings. The number of piperidine rings is 1. The first kappa shape index (κ1) is 33.3. The van der Waals surface area contributed by atoms with E-state index in [1.807, 2.05) is 13.1 Å². The van der Waals surface area contributed by atoms with Crippen LogP contribution in [0.1, 0.15) is 56.7 Å². The van der Waals surface area contributed by atoms with Crippen molar-refractivity contribution in [3.63, 3.8) is 0 Å². The van der Waals surface area contributed by atoms with Gasteiger partial charge in [0.1, 0.15) is 17.6 Å². The summed E-state index contributed by atoms with van der Waals surface area (Å²) >= 11 is 0. The van der Waals surface area contributed by atoms with Crippen molar-refractivity contribution in [3.05, 3.63) is 40.7 Å². The van der Waals surface area contributed by atoms with Crippen LogP contribution in [0.5, 0.6) is 5.75 Å². The van der Waals surface area contributed by atoms with Gasteiger partial charge in [-0.25, -0.2) is 19.2 Å². The zero-order chi connectivity index (χ0) is 33.7. The van der Waals surface area contributed by atoms with Crippen LogP contribution in [0.15, 0.2) is 24.0 Å². The molecule has 0 saturated carbocycles. The van der Waals surface area contributed by atoms with Gasteiger partial charge >= 0.3 is 29.8 Å². The molecular formula is C31H37NO14. The molecule has 2 heterocycles. The first-order valence-corrected chi connectivity index (χ1v) is 14.9. The van der Waals surface area contributed by atoms with E-state index in [9.17, 15) is 39.3 Å². The lowest BCUT2D eigenvalue weighted by Crippen LogP contribution is -2.74. The summed E-state index contributed by atoms with van der Waals surface area (Å²) in [6.45, 7) is 3.57. The van der Waals surface area contributed by atoms with Crippen LogP contribution in [0.4, 0.5) is 0 Å². The Bertz CT molecular complexity index is 1490. The maximum Gasteiger partial charge on any atom is 0.348 e. The van der Waals surface area contributed by atoms with Crippen molar-refractivity contribution in [3.8, 4) is 5.75 Å². The topological polar surface area (TPSA) is 216 Å². The molecule has 2 aliphatic heterocycles. The Labute approximate surface area is 263 Å². The summed E-state index contributed by atoms with van der Waals surface area (Å²) in [7, 11) is 1.94. The van der Waals surface area contributed by atoms with Crippen LogP contribution >= 0.6 is 0 Å². The molecule has 4 N–H and O–H groups in total. The second-order valence-corrected chi connectivity index (χ2v) is 12.2. The predicted molar refractivity (Wildman–Crippen MR) is 152 cm³/mol. The molecule has 15 heteroatoms. The molecule has 1 aromatic rings. The molecule has 2 aliphatic carbocycles. The van der Waals surface area contributed by atoms with E-state index in [-0.39, 0.29) is 24.8 Å². The number of carboxylic acid groups (broad SMARTS) is 1. The van der Waals surface area contributed by atoms with E-state index in [1.165, 1.54) is 0 Å². The third kappa shape index (κ3) is 5.40. The summed E-state index contributed by atoms with van der Waals surface area (Å²) in [4.78, 5) is 63.8. The lowest BCUT2D eigenvalue weighted by atomic mass is 9.50. The van der Waals surface area contributed by atoms with Crippen molar-refractivity contribution in [2.24, 2.45) is 0 Å². The molecule has 4 aliphatic rings. The van der Waals surface area contributed by atoms with E-state index in [4.69, 9.17) is 28.8 Å². The van der Waals surface area contributed by atoms with E-state index in [0.717, 1.165) is 31.9 Å². The van der Waals surface area contributed by atoms with E-state index in [2.05, 4.69) is 4.90 Å². The number of aliphatic hydroxyl groups excluding tert-OH is 2. The quantitative estimate of drug-likeness (QED) is 0.178.